The van der Waals surface area contributed by atoms with Crippen LogP contribution in [0.15, 0.2) is 40.9 Å². The maximum Gasteiger partial charge on any atom is 0.253 e. The number of rotatable bonds is 1. The summed E-state index contributed by atoms with van der Waals surface area (Å²) in [4.78, 5) is 14.6. The van der Waals surface area contributed by atoms with Crippen molar-refractivity contribution >= 4 is 32.6 Å². The first-order valence-corrected chi connectivity index (χ1v) is 8.02. The molecule has 1 saturated heterocycles. The number of likely N-dealkylation sites (tertiary alicyclic amines) is 1. The van der Waals surface area contributed by atoms with E-state index in [1.165, 1.54) is 12.8 Å². The van der Waals surface area contributed by atoms with Gasteiger partial charge < -0.3 is 4.90 Å². The minimum atomic E-state index is 0.178. The molecule has 1 amide bonds. The van der Waals surface area contributed by atoms with E-state index in [0.29, 0.717) is 0 Å². The summed E-state index contributed by atoms with van der Waals surface area (Å²) in [6.45, 7) is 1.80. The number of amides is 1. The smallest absolute Gasteiger partial charge is 0.253 e. The van der Waals surface area contributed by atoms with Gasteiger partial charge in [0, 0.05) is 23.1 Å². The minimum absolute atomic E-state index is 0.178. The number of carbonyl (C=O) groups excluding carboxylic acids is 1. The number of carbonyl (C=O) groups is 1. The van der Waals surface area contributed by atoms with Gasteiger partial charge in [-0.15, -0.1) is 0 Å². The van der Waals surface area contributed by atoms with E-state index in [4.69, 9.17) is 0 Å². The van der Waals surface area contributed by atoms with E-state index in [9.17, 15) is 4.79 Å². The molecule has 2 nitrogen and oxygen atoms in total. The molecule has 0 spiro atoms. The molecule has 0 saturated carbocycles. The van der Waals surface area contributed by atoms with Crippen LogP contribution >= 0.6 is 15.9 Å². The highest BCUT2D eigenvalue weighted by Gasteiger charge is 2.17. The molecular formula is C17H18BrNO. The molecule has 0 aliphatic carbocycles. The van der Waals surface area contributed by atoms with Crippen LogP contribution in [0.25, 0.3) is 10.8 Å². The van der Waals surface area contributed by atoms with Gasteiger partial charge in [0.15, 0.2) is 0 Å². The van der Waals surface area contributed by atoms with Crippen LogP contribution in [-0.4, -0.2) is 23.9 Å². The van der Waals surface area contributed by atoms with Gasteiger partial charge in [-0.3, -0.25) is 4.79 Å². The van der Waals surface area contributed by atoms with E-state index in [2.05, 4.69) is 28.1 Å². The Balaban J connectivity index is 1.89. The Hall–Kier alpha value is -1.35. The molecule has 3 heteroatoms. The number of halogens is 1. The number of fused-ring (bicyclic) bond motifs is 1. The van der Waals surface area contributed by atoms with Gasteiger partial charge in [-0.1, -0.05) is 40.9 Å². The van der Waals surface area contributed by atoms with E-state index in [1.54, 1.807) is 0 Å². The van der Waals surface area contributed by atoms with Gasteiger partial charge in [0.05, 0.1) is 0 Å². The van der Waals surface area contributed by atoms with Gasteiger partial charge in [0.1, 0.15) is 0 Å². The Bertz CT molecular complexity index is 630. The SMILES string of the molecule is O=C(c1ccc2cc(Br)ccc2c1)N1CCCCCC1. The minimum Gasteiger partial charge on any atom is -0.339 e. The van der Waals surface area contributed by atoms with Crippen LogP contribution in [0.5, 0.6) is 0 Å². The molecular weight excluding hydrogens is 314 g/mol. The molecule has 2 aromatic rings. The molecule has 3 rings (SSSR count). The average Bonchev–Trinajstić information content (AvgIpc) is 2.75. The second-order valence-electron chi connectivity index (χ2n) is 5.41. The summed E-state index contributed by atoms with van der Waals surface area (Å²) in [7, 11) is 0. The lowest BCUT2D eigenvalue weighted by Crippen LogP contribution is -2.31. The first-order valence-electron chi connectivity index (χ1n) is 7.23. The third-order valence-electron chi connectivity index (χ3n) is 3.94. The van der Waals surface area contributed by atoms with E-state index < -0.39 is 0 Å². The highest BCUT2D eigenvalue weighted by molar-refractivity contribution is 9.10. The fourth-order valence-electron chi connectivity index (χ4n) is 2.81. The Kier molecular flexibility index (Phi) is 4.06. The summed E-state index contributed by atoms with van der Waals surface area (Å²) in [6.07, 6.45) is 4.75. The lowest BCUT2D eigenvalue weighted by Gasteiger charge is -2.20. The predicted molar refractivity (Wildman–Crippen MR) is 86.0 cm³/mol. The average molecular weight is 332 g/mol. The Morgan fingerprint density at radius 1 is 0.900 bits per heavy atom. The largest absolute Gasteiger partial charge is 0.339 e. The van der Waals surface area contributed by atoms with Crippen LogP contribution in [0.4, 0.5) is 0 Å². The van der Waals surface area contributed by atoms with Crippen LogP contribution in [0.2, 0.25) is 0 Å². The molecule has 2 aromatic carbocycles. The maximum atomic E-state index is 12.6. The van der Waals surface area contributed by atoms with Gasteiger partial charge in [0.25, 0.3) is 5.91 Å². The zero-order valence-electron chi connectivity index (χ0n) is 11.4. The van der Waals surface area contributed by atoms with Crippen molar-refractivity contribution in [2.45, 2.75) is 25.7 Å². The van der Waals surface area contributed by atoms with Crippen molar-refractivity contribution in [3.05, 3.63) is 46.4 Å². The molecule has 0 bridgehead atoms. The van der Waals surface area contributed by atoms with Crippen LogP contribution in [0.1, 0.15) is 36.0 Å². The monoisotopic (exact) mass is 331 g/mol. The lowest BCUT2D eigenvalue weighted by molar-refractivity contribution is 0.0762. The summed E-state index contributed by atoms with van der Waals surface area (Å²) in [5, 5.41) is 2.28. The second-order valence-corrected chi connectivity index (χ2v) is 6.33. The van der Waals surface area contributed by atoms with Crippen molar-refractivity contribution in [1.82, 2.24) is 4.90 Å². The summed E-state index contributed by atoms with van der Waals surface area (Å²) in [5.74, 6) is 0.178. The highest BCUT2D eigenvalue weighted by Crippen LogP contribution is 2.22. The molecule has 1 fully saturated rings. The van der Waals surface area contributed by atoms with Crippen molar-refractivity contribution in [2.75, 3.05) is 13.1 Å². The molecule has 0 aromatic heterocycles. The Labute approximate surface area is 127 Å². The van der Waals surface area contributed by atoms with Crippen LogP contribution < -0.4 is 0 Å². The van der Waals surface area contributed by atoms with E-state index >= 15 is 0 Å². The first-order chi connectivity index (χ1) is 9.74. The fourth-order valence-corrected chi connectivity index (χ4v) is 3.18. The van der Waals surface area contributed by atoms with Gasteiger partial charge in [-0.05, 0) is 47.9 Å². The standard InChI is InChI=1S/C17H18BrNO/c18-16-8-7-13-11-15(6-5-14(13)12-16)17(20)19-9-3-1-2-4-10-19/h5-8,11-12H,1-4,9-10H2. The quantitative estimate of drug-likeness (QED) is 0.746. The Morgan fingerprint density at radius 3 is 2.30 bits per heavy atom. The molecule has 1 aliphatic rings. The summed E-state index contributed by atoms with van der Waals surface area (Å²) >= 11 is 3.48. The van der Waals surface area contributed by atoms with Gasteiger partial charge in [-0.25, -0.2) is 0 Å². The summed E-state index contributed by atoms with van der Waals surface area (Å²) in [6, 6.07) is 12.1. The molecule has 0 unspecified atom stereocenters. The number of benzene rings is 2. The third-order valence-corrected chi connectivity index (χ3v) is 4.44. The maximum absolute atomic E-state index is 12.6. The van der Waals surface area contributed by atoms with Crippen LogP contribution in [0.3, 0.4) is 0 Å². The number of hydrogen-bond acceptors (Lipinski definition) is 1. The normalized spacial score (nSPS) is 16.1. The highest BCUT2D eigenvalue weighted by atomic mass is 79.9. The lowest BCUT2D eigenvalue weighted by atomic mass is 10.1. The summed E-state index contributed by atoms with van der Waals surface area (Å²) < 4.78 is 1.07. The topological polar surface area (TPSA) is 20.3 Å². The van der Waals surface area contributed by atoms with E-state index in [-0.39, 0.29) is 5.91 Å². The van der Waals surface area contributed by atoms with Gasteiger partial charge in [-0.2, -0.15) is 0 Å². The van der Waals surface area contributed by atoms with Crippen molar-refractivity contribution in [2.24, 2.45) is 0 Å². The second kappa shape index (κ2) is 5.96. The number of hydrogen-bond donors (Lipinski definition) is 0. The molecule has 20 heavy (non-hydrogen) atoms. The predicted octanol–water partition coefficient (Wildman–Crippen LogP) is 4.62. The molecule has 0 atom stereocenters. The van der Waals surface area contributed by atoms with Gasteiger partial charge >= 0.3 is 0 Å². The fraction of sp³-hybridized carbons (Fsp3) is 0.353. The zero-order valence-corrected chi connectivity index (χ0v) is 13.0. The summed E-state index contributed by atoms with van der Waals surface area (Å²) in [5.41, 5.74) is 0.807. The first kappa shape index (κ1) is 13.6. The number of nitrogens with zero attached hydrogens (tertiary/aromatic N) is 1. The molecule has 0 N–H and O–H groups in total. The van der Waals surface area contributed by atoms with Crippen molar-refractivity contribution in [3.63, 3.8) is 0 Å². The molecule has 1 aliphatic heterocycles. The van der Waals surface area contributed by atoms with Gasteiger partial charge in [0.2, 0.25) is 0 Å². The zero-order chi connectivity index (χ0) is 13.9. The molecule has 1 heterocycles. The van der Waals surface area contributed by atoms with E-state index in [1.807, 2.05) is 29.2 Å². The molecule has 104 valence electrons. The van der Waals surface area contributed by atoms with Crippen molar-refractivity contribution in [1.29, 1.82) is 0 Å². The molecule has 0 radical (unpaired) electrons. The van der Waals surface area contributed by atoms with Crippen molar-refractivity contribution in [3.8, 4) is 0 Å². The van der Waals surface area contributed by atoms with Crippen LogP contribution in [0, 0.1) is 0 Å². The Morgan fingerprint density at radius 2 is 1.55 bits per heavy atom. The van der Waals surface area contributed by atoms with Crippen LogP contribution in [-0.2, 0) is 0 Å². The van der Waals surface area contributed by atoms with E-state index in [0.717, 1.165) is 46.7 Å². The van der Waals surface area contributed by atoms with Crippen molar-refractivity contribution < 1.29 is 4.79 Å². The third kappa shape index (κ3) is 2.88.